The first kappa shape index (κ1) is 21.8. The number of likely N-dealkylation sites (tertiary alicyclic amines) is 1. The largest absolute Gasteiger partial charge is 0.444 e. The van der Waals surface area contributed by atoms with E-state index in [1.807, 2.05) is 0 Å². The molecule has 0 spiro atoms. The molecule has 1 heterocycles. The maximum Gasteiger partial charge on any atom is 0.418 e. The van der Waals surface area contributed by atoms with E-state index in [0.29, 0.717) is 19.4 Å². The minimum absolute atomic E-state index is 0.218. The predicted octanol–water partition coefficient (Wildman–Crippen LogP) is 4.57. The summed E-state index contributed by atoms with van der Waals surface area (Å²) in [5.41, 5.74) is -1.83. The average Bonchev–Trinajstić information content (AvgIpc) is 2.59. The van der Waals surface area contributed by atoms with Gasteiger partial charge >= 0.3 is 18.3 Å². The molecule has 2 rings (SSSR count). The van der Waals surface area contributed by atoms with Gasteiger partial charge in [0.1, 0.15) is 5.60 Å². The number of para-hydroxylation sites is 1. The Morgan fingerprint density at radius 2 is 1.86 bits per heavy atom. The number of hydrogen-bond donors (Lipinski definition) is 1. The maximum atomic E-state index is 13.1. The van der Waals surface area contributed by atoms with Gasteiger partial charge in [-0.3, -0.25) is 0 Å². The van der Waals surface area contributed by atoms with E-state index in [9.17, 15) is 22.8 Å². The Morgan fingerprint density at radius 1 is 1.21 bits per heavy atom. The molecule has 0 unspecified atom stereocenters. The SMILES string of the molecule is CN(C(=O)OC(C)(C)C)[C@H]1CCCN(C(=O)Nc2ccccc2C(F)(F)F)C1. The molecule has 1 aromatic carbocycles. The number of nitrogens with one attached hydrogen (secondary N) is 1. The van der Waals surface area contributed by atoms with Crippen molar-refractivity contribution < 1.29 is 27.5 Å². The molecule has 9 heteroatoms. The van der Waals surface area contributed by atoms with E-state index in [1.165, 1.54) is 28.0 Å². The van der Waals surface area contributed by atoms with Crippen molar-refractivity contribution in [2.75, 3.05) is 25.5 Å². The molecule has 0 aromatic heterocycles. The van der Waals surface area contributed by atoms with Crippen LogP contribution in [0.2, 0.25) is 0 Å². The van der Waals surface area contributed by atoms with Gasteiger partial charge in [-0.25, -0.2) is 9.59 Å². The number of benzene rings is 1. The Balaban J connectivity index is 2.05. The summed E-state index contributed by atoms with van der Waals surface area (Å²) in [6, 6.07) is 3.94. The van der Waals surface area contributed by atoms with Crippen molar-refractivity contribution in [2.24, 2.45) is 0 Å². The lowest BCUT2D eigenvalue weighted by Gasteiger charge is -2.38. The fourth-order valence-corrected chi connectivity index (χ4v) is 2.97. The number of halogens is 3. The number of anilines is 1. The summed E-state index contributed by atoms with van der Waals surface area (Å²) in [6.07, 6.45) is -3.75. The molecule has 1 atom stereocenters. The van der Waals surface area contributed by atoms with Gasteiger partial charge in [-0.1, -0.05) is 12.1 Å². The quantitative estimate of drug-likeness (QED) is 0.790. The second-order valence-corrected chi connectivity index (χ2v) is 7.81. The number of likely N-dealkylation sites (N-methyl/N-ethyl adjacent to an activating group) is 1. The summed E-state index contributed by atoms with van der Waals surface area (Å²) >= 11 is 0. The number of urea groups is 1. The number of hydrogen-bond acceptors (Lipinski definition) is 3. The second-order valence-electron chi connectivity index (χ2n) is 7.81. The Labute approximate surface area is 162 Å². The molecule has 0 aliphatic carbocycles. The zero-order chi connectivity index (χ0) is 21.1. The summed E-state index contributed by atoms with van der Waals surface area (Å²) in [6.45, 7) is 5.90. The molecule has 156 valence electrons. The molecule has 1 fully saturated rings. The Hall–Kier alpha value is -2.45. The number of nitrogens with zero attached hydrogens (tertiary/aromatic N) is 2. The lowest BCUT2D eigenvalue weighted by Crippen LogP contribution is -2.52. The molecule has 3 amide bonds. The monoisotopic (exact) mass is 401 g/mol. The maximum absolute atomic E-state index is 13.1. The molecular formula is C19H26F3N3O3. The van der Waals surface area contributed by atoms with E-state index >= 15 is 0 Å². The van der Waals surface area contributed by atoms with E-state index in [-0.39, 0.29) is 18.3 Å². The summed E-state index contributed by atoms with van der Waals surface area (Å²) < 4.78 is 44.7. The van der Waals surface area contributed by atoms with Crippen molar-refractivity contribution in [3.05, 3.63) is 29.8 Å². The van der Waals surface area contributed by atoms with Gasteiger partial charge in [-0.05, 0) is 45.7 Å². The van der Waals surface area contributed by atoms with E-state index in [4.69, 9.17) is 4.74 Å². The van der Waals surface area contributed by atoms with Gasteiger partial charge in [0, 0.05) is 20.1 Å². The predicted molar refractivity (Wildman–Crippen MR) is 99.1 cm³/mol. The van der Waals surface area contributed by atoms with Crippen molar-refractivity contribution in [1.82, 2.24) is 9.80 Å². The van der Waals surface area contributed by atoms with Gasteiger partial charge in [0.15, 0.2) is 0 Å². The number of amides is 3. The number of carbonyl (C=O) groups is 2. The standard InChI is InChI=1S/C19H26F3N3O3/c1-18(2,3)28-17(27)24(4)13-8-7-11-25(12-13)16(26)23-15-10-6-5-9-14(15)19(20,21)22/h5-6,9-10,13H,7-8,11-12H2,1-4H3,(H,23,26)/t13-/m0/s1. The van der Waals surface area contributed by atoms with Crippen LogP contribution in [0.25, 0.3) is 0 Å². The summed E-state index contributed by atoms with van der Waals surface area (Å²) in [5.74, 6) is 0. The Morgan fingerprint density at radius 3 is 2.46 bits per heavy atom. The summed E-state index contributed by atoms with van der Waals surface area (Å²) in [5, 5.41) is 2.35. The van der Waals surface area contributed by atoms with Gasteiger partial charge in [0.25, 0.3) is 0 Å². The van der Waals surface area contributed by atoms with Crippen LogP contribution < -0.4 is 5.32 Å². The van der Waals surface area contributed by atoms with Crippen LogP contribution in [0.1, 0.15) is 39.2 Å². The highest BCUT2D eigenvalue weighted by atomic mass is 19.4. The third-order valence-corrected chi connectivity index (χ3v) is 4.39. The highest BCUT2D eigenvalue weighted by Crippen LogP contribution is 2.34. The molecule has 0 saturated carbocycles. The molecule has 28 heavy (non-hydrogen) atoms. The highest BCUT2D eigenvalue weighted by Gasteiger charge is 2.35. The Kier molecular flexibility index (Phi) is 6.46. The van der Waals surface area contributed by atoms with Crippen molar-refractivity contribution in [3.8, 4) is 0 Å². The third-order valence-electron chi connectivity index (χ3n) is 4.39. The van der Waals surface area contributed by atoms with Gasteiger partial charge in [-0.15, -0.1) is 0 Å². The molecule has 0 bridgehead atoms. The molecule has 1 aliphatic heterocycles. The zero-order valence-corrected chi connectivity index (χ0v) is 16.5. The summed E-state index contributed by atoms with van der Waals surface area (Å²) in [4.78, 5) is 27.6. The number of carbonyl (C=O) groups excluding carboxylic acids is 2. The molecule has 6 nitrogen and oxygen atoms in total. The van der Waals surface area contributed by atoms with Crippen LogP contribution in [0.3, 0.4) is 0 Å². The first-order chi connectivity index (χ1) is 12.9. The molecule has 1 aliphatic rings. The lowest BCUT2D eigenvalue weighted by molar-refractivity contribution is -0.136. The lowest BCUT2D eigenvalue weighted by atomic mass is 10.1. The smallest absolute Gasteiger partial charge is 0.418 e. The minimum Gasteiger partial charge on any atom is -0.444 e. The first-order valence-electron chi connectivity index (χ1n) is 9.06. The van der Waals surface area contributed by atoms with Crippen LogP contribution in [-0.4, -0.2) is 53.7 Å². The van der Waals surface area contributed by atoms with Crippen molar-refractivity contribution in [1.29, 1.82) is 0 Å². The molecule has 0 radical (unpaired) electrons. The normalized spacial score (nSPS) is 17.8. The van der Waals surface area contributed by atoms with Crippen LogP contribution in [-0.2, 0) is 10.9 Å². The van der Waals surface area contributed by atoms with Gasteiger partial charge in [0.05, 0.1) is 17.3 Å². The topological polar surface area (TPSA) is 61.9 Å². The Bertz CT molecular complexity index is 716. The van der Waals surface area contributed by atoms with E-state index in [2.05, 4.69) is 5.32 Å². The minimum atomic E-state index is -4.56. The fraction of sp³-hybridized carbons (Fsp3) is 0.579. The van der Waals surface area contributed by atoms with Crippen LogP contribution in [0.5, 0.6) is 0 Å². The van der Waals surface area contributed by atoms with Gasteiger partial charge in [0.2, 0.25) is 0 Å². The van der Waals surface area contributed by atoms with Crippen LogP contribution in [0.4, 0.5) is 28.4 Å². The van der Waals surface area contributed by atoms with Crippen LogP contribution >= 0.6 is 0 Å². The van der Waals surface area contributed by atoms with Crippen molar-refractivity contribution in [2.45, 2.75) is 51.4 Å². The fourth-order valence-electron chi connectivity index (χ4n) is 2.97. The second kappa shape index (κ2) is 8.28. The molecule has 1 N–H and O–H groups in total. The van der Waals surface area contributed by atoms with Crippen LogP contribution in [0, 0.1) is 0 Å². The van der Waals surface area contributed by atoms with Gasteiger partial charge in [-0.2, -0.15) is 13.2 Å². The van der Waals surface area contributed by atoms with Crippen molar-refractivity contribution >= 4 is 17.8 Å². The molecule has 1 saturated heterocycles. The summed E-state index contributed by atoms with van der Waals surface area (Å²) in [7, 11) is 1.60. The number of piperidine rings is 1. The average molecular weight is 401 g/mol. The van der Waals surface area contributed by atoms with E-state index in [0.717, 1.165) is 6.07 Å². The molecule has 1 aromatic rings. The van der Waals surface area contributed by atoms with E-state index in [1.54, 1.807) is 27.8 Å². The third kappa shape index (κ3) is 5.77. The highest BCUT2D eigenvalue weighted by molar-refractivity contribution is 5.90. The van der Waals surface area contributed by atoms with Crippen molar-refractivity contribution in [3.63, 3.8) is 0 Å². The van der Waals surface area contributed by atoms with E-state index < -0.39 is 29.5 Å². The van der Waals surface area contributed by atoms with Gasteiger partial charge < -0.3 is 19.9 Å². The number of rotatable bonds is 2. The first-order valence-corrected chi connectivity index (χ1v) is 9.06. The van der Waals surface area contributed by atoms with Crippen LogP contribution in [0.15, 0.2) is 24.3 Å². The number of alkyl halides is 3. The zero-order valence-electron chi connectivity index (χ0n) is 16.5. The number of ether oxygens (including phenoxy) is 1. The molecular weight excluding hydrogens is 375 g/mol.